The number of rotatable bonds is 3. The average Bonchev–Trinajstić information content (AvgIpc) is 3.22. The van der Waals surface area contributed by atoms with Gasteiger partial charge in [0.15, 0.2) is 0 Å². The number of pyridine rings is 2. The number of ether oxygens (including phenoxy) is 1. The molecule has 266 valence electrons. The zero-order chi connectivity index (χ0) is 37.9. The van der Waals surface area contributed by atoms with Gasteiger partial charge in [0.25, 0.3) is 0 Å². The van der Waals surface area contributed by atoms with Crippen molar-refractivity contribution in [3.63, 3.8) is 0 Å². The highest BCUT2D eigenvalue weighted by Crippen LogP contribution is 2.36. The molecule has 4 heterocycles. The molecule has 2 aromatic heterocycles. The van der Waals surface area contributed by atoms with E-state index in [1.807, 2.05) is 12.1 Å². The first-order valence-electron chi connectivity index (χ1n) is 19.4. The molecule has 6 heteroatoms. The third kappa shape index (κ3) is 5.64. The number of benzene rings is 6. The monoisotopic (exact) mass is 719 g/mol. The van der Waals surface area contributed by atoms with Crippen LogP contribution >= 0.6 is 0 Å². The van der Waals surface area contributed by atoms with Crippen LogP contribution in [-0.2, 0) is 0 Å². The maximum atomic E-state index is 7.26. The van der Waals surface area contributed by atoms with E-state index < -0.39 is 0 Å². The lowest BCUT2D eigenvalue weighted by Gasteiger charge is -2.36. The van der Waals surface area contributed by atoms with E-state index in [-0.39, 0.29) is 13.4 Å². The minimum absolute atomic E-state index is 0.0245. The minimum Gasteiger partial charge on any atom is -0.458 e. The van der Waals surface area contributed by atoms with Crippen molar-refractivity contribution in [1.82, 2.24) is 9.97 Å². The van der Waals surface area contributed by atoms with Crippen molar-refractivity contribution < 1.29 is 4.74 Å². The van der Waals surface area contributed by atoms with Crippen LogP contribution in [0.25, 0.3) is 22.5 Å². The second-order valence-corrected chi connectivity index (χ2v) is 15.1. The van der Waals surface area contributed by atoms with E-state index in [2.05, 4.69) is 184 Å². The van der Waals surface area contributed by atoms with Crippen LogP contribution < -0.4 is 42.4 Å². The van der Waals surface area contributed by atoms with Gasteiger partial charge in [-0.25, -0.2) is 9.97 Å². The zero-order valence-electron chi connectivity index (χ0n) is 32.0. The van der Waals surface area contributed by atoms with Crippen molar-refractivity contribution in [1.29, 1.82) is 0 Å². The summed E-state index contributed by atoms with van der Waals surface area (Å²) in [5.74, 6) is 3.17. The van der Waals surface area contributed by atoms with E-state index in [9.17, 15) is 0 Å². The highest BCUT2D eigenvalue weighted by Gasteiger charge is 2.43. The number of aryl methyl sites for hydroxylation is 4. The van der Waals surface area contributed by atoms with Crippen molar-refractivity contribution in [2.45, 2.75) is 27.7 Å². The van der Waals surface area contributed by atoms with Gasteiger partial charge in [-0.1, -0.05) is 159 Å². The number of para-hydroxylation sites is 1. The van der Waals surface area contributed by atoms with E-state index in [0.29, 0.717) is 0 Å². The van der Waals surface area contributed by atoms with Gasteiger partial charge in [0, 0.05) is 16.8 Å². The van der Waals surface area contributed by atoms with Crippen molar-refractivity contribution in [3.05, 3.63) is 186 Å². The Morgan fingerprint density at radius 2 is 0.964 bits per heavy atom. The van der Waals surface area contributed by atoms with Gasteiger partial charge in [0.1, 0.15) is 23.1 Å². The number of hydrogen-bond donors (Lipinski definition) is 0. The van der Waals surface area contributed by atoms with Crippen molar-refractivity contribution in [3.8, 4) is 34.0 Å². The van der Waals surface area contributed by atoms with Crippen molar-refractivity contribution >= 4 is 63.5 Å². The van der Waals surface area contributed by atoms with Gasteiger partial charge in [-0.2, -0.15) is 0 Å². The highest BCUT2D eigenvalue weighted by molar-refractivity contribution is 7.12. The molecule has 0 aliphatic carbocycles. The molecule has 56 heavy (non-hydrogen) atoms. The van der Waals surface area contributed by atoms with Gasteiger partial charge < -0.3 is 4.74 Å². The van der Waals surface area contributed by atoms with E-state index in [1.54, 1.807) is 0 Å². The number of nitrogens with zero attached hydrogens (tertiary/aromatic N) is 3. The molecule has 2 aliphatic rings. The molecule has 0 N–H and O–H groups in total. The molecule has 0 fully saturated rings. The summed E-state index contributed by atoms with van der Waals surface area (Å²) < 4.78 is 7.26. The summed E-state index contributed by atoms with van der Waals surface area (Å²) in [5, 5.41) is 0. The predicted molar refractivity (Wildman–Crippen MR) is 235 cm³/mol. The predicted octanol–water partition coefficient (Wildman–Crippen LogP) is 7.97. The molecule has 6 aromatic carbocycles. The Hall–Kier alpha value is -6.65. The van der Waals surface area contributed by atoms with E-state index in [0.717, 1.165) is 51.3 Å². The Morgan fingerprint density at radius 3 is 1.61 bits per heavy atom. The minimum atomic E-state index is -0.0553. The van der Waals surface area contributed by atoms with E-state index in [4.69, 9.17) is 14.7 Å². The average molecular weight is 720 g/mol. The van der Waals surface area contributed by atoms with Gasteiger partial charge in [-0.3, -0.25) is 4.90 Å². The Balaban J connectivity index is 1.33. The largest absolute Gasteiger partial charge is 0.458 e. The van der Waals surface area contributed by atoms with E-state index >= 15 is 0 Å². The SMILES string of the molecule is Cc1cccc(C)c1B1c2ccccc2B(c2c(C)cccc2C)c2c3cc(cc21)-c1cccc(n1)N(c1ccccc1)c1cccc(n1)-c1cccc(c1)O3. The van der Waals surface area contributed by atoms with Crippen LogP contribution in [0.15, 0.2) is 164 Å². The second kappa shape index (κ2) is 13.6. The number of anilines is 3. The van der Waals surface area contributed by atoms with Crippen LogP contribution in [0.1, 0.15) is 22.3 Å². The molecule has 2 aliphatic heterocycles. The second-order valence-electron chi connectivity index (χ2n) is 15.1. The summed E-state index contributed by atoms with van der Waals surface area (Å²) in [6.07, 6.45) is 0. The van der Waals surface area contributed by atoms with Gasteiger partial charge in [0.2, 0.25) is 13.4 Å². The summed E-state index contributed by atoms with van der Waals surface area (Å²) in [4.78, 5) is 12.8. The first kappa shape index (κ1) is 33.9. The molecule has 0 spiro atoms. The van der Waals surface area contributed by atoms with Crippen molar-refractivity contribution in [2.24, 2.45) is 0 Å². The smallest absolute Gasteiger partial charge is 0.245 e. The van der Waals surface area contributed by atoms with Gasteiger partial charge in [-0.05, 0) is 87.8 Å². The van der Waals surface area contributed by atoms with Crippen molar-refractivity contribution in [2.75, 3.05) is 4.90 Å². The lowest BCUT2D eigenvalue weighted by atomic mass is 9.20. The van der Waals surface area contributed by atoms with Crippen LogP contribution in [0.5, 0.6) is 11.5 Å². The maximum absolute atomic E-state index is 7.26. The molecule has 0 atom stereocenters. The topological polar surface area (TPSA) is 38.2 Å². The molecular weight excluding hydrogens is 680 g/mol. The molecule has 10 rings (SSSR count). The Kier molecular flexibility index (Phi) is 8.22. The third-order valence-electron chi connectivity index (χ3n) is 11.6. The summed E-state index contributed by atoms with van der Waals surface area (Å²) in [6, 6.07) is 58.2. The maximum Gasteiger partial charge on any atom is 0.245 e. The third-order valence-corrected chi connectivity index (χ3v) is 11.6. The molecule has 4 nitrogen and oxygen atoms in total. The van der Waals surface area contributed by atoms with Gasteiger partial charge in [0.05, 0.1) is 11.4 Å². The standard InChI is InChI=1S/C50H39B2N3O/c1-32-15-10-16-33(2)48(32)51-40-23-8-9-24-41(40)52(49-34(3)17-11-18-35(49)4)50-42(51)30-37-31-45(50)56-39-22-12-19-36(29-39)43-25-13-27-46(53-43)55(38-20-6-5-7-21-38)47-28-14-26-44(37)54-47/h5-31H,1-4H3. The van der Waals surface area contributed by atoms with Gasteiger partial charge in [-0.15, -0.1) is 0 Å². The fraction of sp³-hybridized carbons (Fsp3) is 0.0800. The zero-order valence-corrected chi connectivity index (χ0v) is 32.0. The molecule has 0 unspecified atom stereocenters. The fourth-order valence-electron chi connectivity index (χ4n) is 9.19. The summed E-state index contributed by atoms with van der Waals surface area (Å²) in [7, 11) is 0. The number of aromatic nitrogens is 2. The number of fused-ring (bicyclic) bond motifs is 13. The molecule has 0 radical (unpaired) electrons. The van der Waals surface area contributed by atoms with Crippen LogP contribution in [-0.4, -0.2) is 23.4 Å². The fourth-order valence-corrected chi connectivity index (χ4v) is 9.19. The Labute approximate surface area is 329 Å². The molecular formula is C50H39B2N3O. The number of hydrogen-bond acceptors (Lipinski definition) is 4. The lowest BCUT2D eigenvalue weighted by Crippen LogP contribution is -2.76. The molecule has 0 saturated carbocycles. The van der Waals surface area contributed by atoms with Gasteiger partial charge >= 0.3 is 0 Å². The molecule has 0 saturated heterocycles. The Bertz CT molecular complexity index is 2780. The summed E-state index contributed by atoms with van der Waals surface area (Å²) in [5.41, 5.74) is 17.5. The first-order chi connectivity index (χ1) is 27.4. The summed E-state index contributed by atoms with van der Waals surface area (Å²) >= 11 is 0. The van der Waals surface area contributed by atoms with Crippen LogP contribution in [0.4, 0.5) is 17.3 Å². The summed E-state index contributed by atoms with van der Waals surface area (Å²) in [6.45, 7) is 8.91. The first-order valence-corrected chi connectivity index (χ1v) is 19.4. The lowest BCUT2D eigenvalue weighted by molar-refractivity contribution is 0.487. The molecule has 8 bridgehead atoms. The molecule has 8 aromatic rings. The normalized spacial score (nSPS) is 12.7. The van der Waals surface area contributed by atoms with E-state index in [1.165, 1.54) is 55.0 Å². The molecule has 0 amide bonds. The van der Waals surface area contributed by atoms with Crippen LogP contribution in [0, 0.1) is 27.7 Å². The van der Waals surface area contributed by atoms with Crippen LogP contribution in [0.3, 0.4) is 0 Å². The Morgan fingerprint density at radius 1 is 0.429 bits per heavy atom. The quantitative estimate of drug-likeness (QED) is 0.174. The highest BCUT2D eigenvalue weighted by atomic mass is 16.5. The van der Waals surface area contributed by atoms with Crippen LogP contribution in [0.2, 0.25) is 0 Å².